The topological polar surface area (TPSA) is 77.6 Å². The summed E-state index contributed by atoms with van der Waals surface area (Å²) in [6.07, 6.45) is 1.47. The van der Waals surface area contributed by atoms with Gasteiger partial charge in [-0.25, -0.2) is 13.6 Å². The first-order chi connectivity index (χ1) is 9.59. The van der Waals surface area contributed by atoms with Crippen LogP contribution in [0.3, 0.4) is 0 Å². The fourth-order valence-corrected chi connectivity index (χ4v) is 1.39. The first-order valence-electron chi connectivity index (χ1n) is 5.50. The molecule has 0 saturated heterocycles. The van der Waals surface area contributed by atoms with Gasteiger partial charge in [-0.2, -0.15) is 0 Å². The second-order valence-corrected chi connectivity index (χ2v) is 3.67. The van der Waals surface area contributed by atoms with Crippen molar-refractivity contribution in [3.63, 3.8) is 0 Å². The molecule has 0 radical (unpaired) electrons. The molecule has 102 valence electrons. The van der Waals surface area contributed by atoms with Gasteiger partial charge >= 0.3 is 5.97 Å². The number of pyridine rings is 1. The summed E-state index contributed by atoms with van der Waals surface area (Å²) in [6.45, 7) is 0. The number of hydrogen-bond donors (Lipinski definition) is 1. The maximum absolute atomic E-state index is 13.3. The predicted molar refractivity (Wildman–Crippen MR) is 66.7 cm³/mol. The van der Waals surface area contributed by atoms with Crippen LogP contribution in [0.25, 0.3) is 0 Å². The molecule has 0 spiro atoms. The van der Waals surface area contributed by atoms with Crippen molar-refractivity contribution in [3.05, 3.63) is 65.5 Å². The SMILES string of the molecule is N/C(=N\OC(=O)c1c(F)cccc1F)c1ccccn1. The molecule has 0 aliphatic rings. The molecule has 0 saturated carbocycles. The zero-order valence-corrected chi connectivity index (χ0v) is 10.1. The number of halogens is 2. The second kappa shape index (κ2) is 5.87. The van der Waals surface area contributed by atoms with Crippen LogP contribution in [0.1, 0.15) is 16.1 Å². The molecule has 20 heavy (non-hydrogen) atoms. The lowest BCUT2D eigenvalue weighted by molar-refractivity contribution is 0.0505. The second-order valence-electron chi connectivity index (χ2n) is 3.67. The van der Waals surface area contributed by atoms with Crippen LogP contribution in [-0.4, -0.2) is 16.8 Å². The number of hydrogen-bond acceptors (Lipinski definition) is 4. The predicted octanol–water partition coefficient (Wildman–Crippen LogP) is 1.84. The van der Waals surface area contributed by atoms with Gasteiger partial charge in [-0.3, -0.25) is 4.98 Å². The maximum atomic E-state index is 13.3. The van der Waals surface area contributed by atoms with Crippen molar-refractivity contribution in [3.8, 4) is 0 Å². The lowest BCUT2D eigenvalue weighted by Gasteiger charge is -2.02. The minimum Gasteiger partial charge on any atom is -0.379 e. The Bertz CT molecular complexity index is 640. The zero-order valence-electron chi connectivity index (χ0n) is 10.1. The maximum Gasteiger partial charge on any atom is 0.371 e. The van der Waals surface area contributed by atoms with E-state index in [9.17, 15) is 13.6 Å². The fraction of sp³-hybridized carbons (Fsp3) is 0. The molecular formula is C13H9F2N3O2. The molecule has 5 nitrogen and oxygen atoms in total. The van der Waals surface area contributed by atoms with Crippen LogP contribution >= 0.6 is 0 Å². The van der Waals surface area contributed by atoms with Gasteiger partial charge in [0.15, 0.2) is 5.84 Å². The first-order valence-corrected chi connectivity index (χ1v) is 5.50. The third-order valence-electron chi connectivity index (χ3n) is 2.32. The van der Waals surface area contributed by atoms with Crippen LogP contribution in [-0.2, 0) is 4.84 Å². The fourth-order valence-electron chi connectivity index (χ4n) is 1.39. The van der Waals surface area contributed by atoms with E-state index >= 15 is 0 Å². The molecule has 0 fully saturated rings. The van der Waals surface area contributed by atoms with E-state index in [0.29, 0.717) is 0 Å². The molecule has 1 aromatic carbocycles. The summed E-state index contributed by atoms with van der Waals surface area (Å²) >= 11 is 0. The number of benzene rings is 1. The Morgan fingerprint density at radius 2 is 1.85 bits per heavy atom. The van der Waals surface area contributed by atoms with E-state index in [0.717, 1.165) is 18.2 Å². The Hall–Kier alpha value is -2.83. The monoisotopic (exact) mass is 277 g/mol. The Morgan fingerprint density at radius 1 is 1.15 bits per heavy atom. The summed E-state index contributed by atoms with van der Waals surface area (Å²) in [7, 11) is 0. The molecule has 0 aliphatic heterocycles. The smallest absolute Gasteiger partial charge is 0.371 e. The van der Waals surface area contributed by atoms with Crippen molar-refractivity contribution in [1.29, 1.82) is 0 Å². The summed E-state index contributed by atoms with van der Waals surface area (Å²) in [5.41, 5.74) is 4.96. The Balaban J connectivity index is 2.17. The van der Waals surface area contributed by atoms with E-state index in [1.165, 1.54) is 12.3 Å². The van der Waals surface area contributed by atoms with Crippen molar-refractivity contribution in [2.24, 2.45) is 10.9 Å². The zero-order chi connectivity index (χ0) is 14.5. The van der Waals surface area contributed by atoms with E-state index < -0.39 is 23.2 Å². The average molecular weight is 277 g/mol. The first kappa shape index (κ1) is 13.6. The quantitative estimate of drug-likeness (QED) is 0.402. The molecule has 2 aromatic rings. The van der Waals surface area contributed by atoms with Crippen LogP contribution in [0, 0.1) is 11.6 Å². The Labute approximate surface area is 112 Å². The highest BCUT2D eigenvalue weighted by atomic mass is 19.1. The third kappa shape index (κ3) is 2.94. The van der Waals surface area contributed by atoms with Gasteiger partial charge in [0.2, 0.25) is 0 Å². The summed E-state index contributed by atoms with van der Waals surface area (Å²) < 4.78 is 26.6. The minimum absolute atomic E-state index is 0.185. The number of rotatable bonds is 3. The average Bonchev–Trinajstić information content (AvgIpc) is 2.45. The molecular weight excluding hydrogens is 268 g/mol. The van der Waals surface area contributed by atoms with Gasteiger partial charge in [0.05, 0.1) is 0 Å². The van der Waals surface area contributed by atoms with Crippen LogP contribution in [0.5, 0.6) is 0 Å². The Morgan fingerprint density at radius 3 is 2.45 bits per heavy atom. The van der Waals surface area contributed by atoms with Gasteiger partial charge < -0.3 is 10.6 Å². The molecule has 0 aliphatic carbocycles. The molecule has 1 aromatic heterocycles. The number of carbonyl (C=O) groups excluding carboxylic acids is 1. The van der Waals surface area contributed by atoms with Crippen molar-refractivity contribution >= 4 is 11.8 Å². The molecule has 0 amide bonds. The minimum atomic E-state index is -1.28. The number of carbonyl (C=O) groups is 1. The molecule has 7 heteroatoms. The lowest BCUT2D eigenvalue weighted by Crippen LogP contribution is -2.17. The van der Waals surface area contributed by atoms with E-state index in [1.807, 2.05) is 0 Å². The standard InChI is InChI=1S/C13H9F2N3O2/c14-8-4-3-5-9(15)11(8)13(19)20-18-12(16)10-6-1-2-7-17-10/h1-7H,(H2,16,18). The van der Waals surface area contributed by atoms with Gasteiger partial charge in [-0.15, -0.1) is 0 Å². The van der Waals surface area contributed by atoms with Crippen molar-refractivity contribution in [2.45, 2.75) is 0 Å². The van der Waals surface area contributed by atoms with Crippen molar-refractivity contribution in [1.82, 2.24) is 4.98 Å². The lowest BCUT2D eigenvalue weighted by atomic mass is 10.2. The van der Waals surface area contributed by atoms with E-state index in [2.05, 4.69) is 15.0 Å². The highest BCUT2D eigenvalue weighted by Crippen LogP contribution is 2.13. The normalized spacial score (nSPS) is 11.2. The van der Waals surface area contributed by atoms with Crippen LogP contribution in [0.4, 0.5) is 8.78 Å². The highest BCUT2D eigenvalue weighted by molar-refractivity contribution is 5.96. The molecule has 0 bridgehead atoms. The van der Waals surface area contributed by atoms with Gasteiger partial charge in [-0.1, -0.05) is 17.3 Å². The van der Waals surface area contributed by atoms with Crippen LogP contribution in [0.15, 0.2) is 47.8 Å². The number of oxime groups is 1. The molecule has 2 N–H and O–H groups in total. The largest absolute Gasteiger partial charge is 0.379 e. The van der Waals surface area contributed by atoms with E-state index in [4.69, 9.17) is 5.73 Å². The number of nitrogens with zero attached hydrogens (tertiary/aromatic N) is 2. The molecule has 0 unspecified atom stereocenters. The molecule has 0 atom stereocenters. The van der Waals surface area contributed by atoms with Gasteiger partial charge in [-0.05, 0) is 24.3 Å². The summed E-state index contributed by atoms with van der Waals surface area (Å²) in [6, 6.07) is 7.86. The highest BCUT2D eigenvalue weighted by Gasteiger charge is 2.19. The summed E-state index contributed by atoms with van der Waals surface area (Å²) in [5, 5.41) is 3.30. The Kier molecular flexibility index (Phi) is 3.99. The van der Waals surface area contributed by atoms with Crippen LogP contribution < -0.4 is 5.73 Å². The van der Waals surface area contributed by atoms with Crippen LogP contribution in [0.2, 0.25) is 0 Å². The molecule has 1 heterocycles. The molecule has 2 rings (SSSR count). The summed E-state index contributed by atoms with van der Waals surface area (Å²) in [5.74, 6) is -3.54. The van der Waals surface area contributed by atoms with Crippen molar-refractivity contribution < 1.29 is 18.4 Å². The van der Waals surface area contributed by atoms with Gasteiger partial charge in [0.1, 0.15) is 22.9 Å². The van der Waals surface area contributed by atoms with Gasteiger partial charge in [0, 0.05) is 6.20 Å². The third-order valence-corrected chi connectivity index (χ3v) is 2.32. The van der Waals surface area contributed by atoms with Gasteiger partial charge in [0.25, 0.3) is 0 Å². The summed E-state index contributed by atoms with van der Waals surface area (Å²) in [4.78, 5) is 19.8. The number of nitrogens with two attached hydrogens (primary N) is 1. The van der Waals surface area contributed by atoms with E-state index in [1.54, 1.807) is 12.1 Å². The van der Waals surface area contributed by atoms with E-state index in [-0.39, 0.29) is 11.5 Å². The number of aromatic nitrogens is 1. The number of amidine groups is 1. The van der Waals surface area contributed by atoms with Crippen molar-refractivity contribution in [2.75, 3.05) is 0 Å².